The number of carbonyl (C=O) groups excluding carboxylic acids is 1. The molecule has 128 valence electrons. The lowest BCUT2D eigenvalue weighted by Crippen LogP contribution is -2.28. The highest BCUT2D eigenvalue weighted by molar-refractivity contribution is 6.33. The molecule has 24 heavy (non-hydrogen) atoms. The minimum absolute atomic E-state index is 0.00901. The second kappa shape index (κ2) is 8.28. The average molecular weight is 351 g/mol. The van der Waals surface area contributed by atoms with Crippen LogP contribution in [0.2, 0.25) is 5.02 Å². The standard InChI is InChI=1S/C17H19ClN2O4/c18-15-6-2-1-5-14(15)16-8-12(20-24-16)9-19-17(21)11-22-10-13-4-3-7-23-13/h1-2,5-6,8,13H,3-4,7,9-11H2,(H,19,21). The van der Waals surface area contributed by atoms with Gasteiger partial charge in [0, 0.05) is 18.2 Å². The van der Waals surface area contributed by atoms with Gasteiger partial charge in [-0.3, -0.25) is 4.79 Å². The van der Waals surface area contributed by atoms with E-state index in [1.54, 1.807) is 12.1 Å². The minimum atomic E-state index is -0.199. The first-order valence-electron chi connectivity index (χ1n) is 7.89. The summed E-state index contributed by atoms with van der Waals surface area (Å²) in [6, 6.07) is 9.11. The van der Waals surface area contributed by atoms with Crippen LogP contribution in [0, 0.1) is 0 Å². The van der Waals surface area contributed by atoms with Crippen molar-refractivity contribution in [3.05, 3.63) is 41.0 Å². The van der Waals surface area contributed by atoms with Crippen LogP contribution in [0.3, 0.4) is 0 Å². The average Bonchev–Trinajstić information content (AvgIpc) is 3.25. The van der Waals surface area contributed by atoms with E-state index in [0.29, 0.717) is 23.1 Å². The summed E-state index contributed by atoms with van der Waals surface area (Å²) in [6.45, 7) is 1.51. The zero-order chi connectivity index (χ0) is 16.8. The van der Waals surface area contributed by atoms with Crippen molar-refractivity contribution < 1.29 is 18.8 Å². The zero-order valence-electron chi connectivity index (χ0n) is 13.2. The van der Waals surface area contributed by atoms with Gasteiger partial charge in [-0.2, -0.15) is 0 Å². The maximum absolute atomic E-state index is 11.8. The molecule has 1 saturated heterocycles. The van der Waals surface area contributed by atoms with E-state index in [0.717, 1.165) is 25.0 Å². The fourth-order valence-corrected chi connectivity index (χ4v) is 2.71. The van der Waals surface area contributed by atoms with Crippen LogP contribution in [0.15, 0.2) is 34.9 Å². The van der Waals surface area contributed by atoms with E-state index in [2.05, 4.69) is 10.5 Å². The number of nitrogens with one attached hydrogen (secondary N) is 1. The Labute approximate surface area is 145 Å². The Bertz CT molecular complexity index is 683. The summed E-state index contributed by atoms with van der Waals surface area (Å²) in [7, 11) is 0. The highest BCUT2D eigenvalue weighted by atomic mass is 35.5. The minimum Gasteiger partial charge on any atom is -0.376 e. The highest BCUT2D eigenvalue weighted by Gasteiger charge is 2.16. The molecule has 1 unspecified atom stereocenters. The molecule has 2 aromatic rings. The van der Waals surface area contributed by atoms with Gasteiger partial charge >= 0.3 is 0 Å². The molecule has 1 amide bonds. The Balaban J connectivity index is 1.43. The van der Waals surface area contributed by atoms with Crippen molar-refractivity contribution in [2.24, 2.45) is 0 Å². The second-order valence-electron chi connectivity index (χ2n) is 5.59. The van der Waals surface area contributed by atoms with E-state index in [9.17, 15) is 4.79 Å². The smallest absolute Gasteiger partial charge is 0.246 e. The van der Waals surface area contributed by atoms with Gasteiger partial charge in [-0.25, -0.2) is 0 Å². The van der Waals surface area contributed by atoms with Gasteiger partial charge in [0.2, 0.25) is 5.91 Å². The Kier molecular flexibility index (Phi) is 5.85. The summed E-state index contributed by atoms with van der Waals surface area (Å²) in [5, 5.41) is 7.27. The molecule has 1 aromatic carbocycles. The van der Waals surface area contributed by atoms with Crippen LogP contribution in [-0.4, -0.2) is 37.0 Å². The molecular weight excluding hydrogens is 332 g/mol. The van der Waals surface area contributed by atoms with Gasteiger partial charge in [-0.05, 0) is 25.0 Å². The van der Waals surface area contributed by atoms with Crippen molar-refractivity contribution in [3.8, 4) is 11.3 Å². The van der Waals surface area contributed by atoms with E-state index in [1.807, 2.05) is 18.2 Å². The molecule has 2 heterocycles. The predicted octanol–water partition coefficient (Wildman–Crippen LogP) is 2.81. The summed E-state index contributed by atoms with van der Waals surface area (Å²) in [4.78, 5) is 11.8. The van der Waals surface area contributed by atoms with Crippen LogP contribution in [0.4, 0.5) is 0 Å². The van der Waals surface area contributed by atoms with E-state index in [-0.39, 0.29) is 25.2 Å². The lowest BCUT2D eigenvalue weighted by Gasteiger charge is -2.09. The van der Waals surface area contributed by atoms with Crippen LogP contribution < -0.4 is 5.32 Å². The van der Waals surface area contributed by atoms with Crippen molar-refractivity contribution in [2.75, 3.05) is 19.8 Å². The number of aromatic nitrogens is 1. The topological polar surface area (TPSA) is 73.6 Å². The molecule has 7 heteroatoms. The number of carbonyl (C=O) groups is 1. The van der Waals surface area contributed by atoms with Crippen LogP contribution >= 0.6 is 11.6 Å². The number of hydrogen-bond acceptors (Lipinski definition) is 5. The fourth-order valence-electron chi connectivity index (χ4n) is 2.48. The molecule has 0 radical (unpaired) electrons. The second-order valence-corrected chi connectivity index (χ2v) is 6.00. The van der Waals surface area contributed by atoms with E-state index >= 15 is 0 Å². The molecule has 3 rings (SSSR count). The highest BCUT2D eigenvalue weighted by Crippen LogP contribution is 2.27. The third-order valence-corrected chi connectivity index (χ3v) is 4.06. The van der Waals surface area contributed by atoms with E-state index < -0.39 is 0 Å². The molecule has 1 atom stereocenters. The predicted molar refractivity (Wildman–Crippen MR) is 88.6 cm³/mol. The van der Waals surface area contributed by atoms with Gasteiger partial charge < -0.3 is 19.3 Å². The summed E-state index contributed by atoms with van der Waals surface area (Å²) in [5.41, 5.74) is 1.39. The number of rotatable bonds is 7. The van der Waals surface area contributed by atoms with Gasteiger partial charge in [-0.1, -0.05) is 28.9 Å². The molecule has 1 N–H and O–H groups in total. The molecule has 1 aromatic heterocycles. The molecule has 0 aliphatic carbocycles. The van der Waals surface area contributed by atoms with E-state index in [4.69, 9.17) is 25.6 Å². The molecule has 0 saturated carbocycles. The van der Waals surface area contributed by atoms with Crippen LogP contribution in [0.25, 0.3) is 11.3 Å². The van der Waals surface area contributed by atoms with Gasteiger partial charge in [0.05, 0.1) is 24.3 Å². The number of nitrogens with zero attached hydrogens (tertiary/aromatic N) is 1. The van der Waals surface area contributed by atoms with Gasteiger partial charge in [0.1, 0.15) is 12.3 Å². The summed E-state index contributed by atoms with van der Waals surface area (Å²) < 4.78 is 16.1. The number of halogens is 1. The molecular formula is C17H19ClN2O4. The third kappa shape index (κ3) is 4.56. The first-order valence-corrected chi connectivity index (χ1v) is 8.26. The summed E-state index contributed by atoms with van der Waals surface area (Å²) in [5.74, 6) is 0.370. The molecule has 1 aliphatic rings. The van der Waals surface area contributed by atoms with Crippen LogP contribution in [0.5, 0.6) is 0 Å². The molecule has 6 nitrogen and oxygen atoms in total. The van der Waals surface area contributed by atoms with Gasteiger partial charge in [0.15, 0.2) is 5.76 Å². The Morgan fingerprint density at radius 1 is 1.42 bits per heavy atom. The van der Waals surface area contributed by atoms with Crippen LogP contribution in [-0.2, 0) is 20.8 Å². The first-order chi connectivity index (χ1) is 11.7. The number of ether oxygens (including phenoxy) is 2. The Morgan fingerprint density at radius 2 is 2.29 bits per heavy atom. The Hall–Kier alpha value is -1.89. The summed E-state index contributed by atoms with van der Waals surface area (Å²) in [6.07, 6.45) is 2.16. The van der Waals surface area contributed by atoms with Crippen molar-refractivity contribution in [1.29, 1.82) is 0 Å². The van der Waals surface area contributed by atoms with Crippen LogP contribution in [0.1, 0.15) is 18.5 Å². The fraction of sp³-hybridized carbons (Fsp3) is 0.412. The third-order valence-electron chi connectivity index (χ3n) is 3.73. The largest absolute Gasteiger partial charge is 0.376 e. The number of benzene rings is 1. The van der Waals surface area contributed by atoms with Crippen molar-refractivity contribution in [2.45, 2.75) is 25.5 Å². The van der Waals surface area contributed by atoms with Gasteiger partial charge in [-0.15, -0.1) is 0 Å². The van der Waals surface area contributed by atoms with Crippen molar-refractivity contribution in [3.63, 3.8) is 0 Å². The molecule has 0 bridgehead atoms. The quantitative estimate of drug-likeness (QED) is 0.831. The lowest BCUT2D eigenvalue weighted by atomic mass is 10.1. The number of hydrogen-bond donors (Lipinski definition) is 1. The van der Waals surface area contributed by atoms with Crippen molar-refractivity contribution in [1.82, 2.24) is 10.5 Å². The molecule has 1 fully saturated rings. The number of amides is 1. The SMILES string of the molecule is O=C(COCC1CCCO1)NCc1cc(-c2ccccc2Cl)on1. The maximum atomic E-state index is 11.8. The summed E-state index contributed by atoms with van der Waals surface area (Å²) >= 11 is 6.12. The molecule has 0 spiro atoms. The molecule has 1 aliphatic heterocycles. The van der Waals surface area contributed by atoms with Crippen molar-refractivity contribution >= 4 is 17.5 Å². The normalized spacial score (nSPS) is 17.1. The first kappa shape index (κ1) is 17.0. The maximum Gasteiger partial charge on any atom is 0.246 e. The lowest BCUT2D eigenvalue weighted by molar-refractivity contribution is -0.127. The van der Waals surface area contributed by atoms with E-state index in [1.165, 1.54) is 0 Å². The monoisotopic (exact) mass is 350 g/mol. The van der Waals surface area contributed by atoms with Gasteiger partial charge in [0.25, 0.3) is 0 Å². The zero-order valence-corrected chi connectivity index (χ0v) is 13.9. The Morgan fingerprint density at radius 3 is 3.08 bits per heavy atom.